The van der Waals surface area contributed by atoms with Gasteiger partial charge in [0.05, 0.1) is 5.69 Å². The third-order valence-corrected chi connectivity index (χ3v) is 4.40. The highest BCUT2D eigenvalue weighted by Crippen LogP contribution is 2.23. The van der Waals surface area contributed by atoms with E-state index in [1.807, 2.05) is 83.5 Å². The molecule has 0 unspecified atom stereocenters. The monoisotopic (exact) mass is 341 g/mol. The third-order valence-electron chi connectivity index (χ3n) is 4.40. The van der Waals surface area contributed by atoms with Gasteiger partial charge in [-0.1, -0.05) is 37.3 Å². The SMILES string of the molecule is CCc1ccc(C(=O)Nc2cccc(-c3cn4ccccc4n3)c2)cc1. The minimum Gasteiger partial charge on any atom is -0.322 e. The second-order valence-corrected chi connectivity index (χ2v) is 6.18. The number of nitrogens with zero attached hydrogens (tertiary/aromatic N) is 2. The first kappa shape index (κ1) is 16.1. The number of nitrogens with one attached hydrogen (secondary N) is 1. The maximum atomic E-state index is 12.5. The van der Waals surface area contributed by atoms with Crippen LogP contribution in [0.4, 0.5) is 5.69 Å². The number of aryl methyl sites for hydroxylation is 1. The lowest BCUT2D eigenvalue weighted by Crippen LogP contribution is -2.11. The molecule has 4 rings (SSSR count). The summed E-state index contributed by atoms with van der Waals surface area (Å²) in [5.41, 5.74) is 5.36. The van der Waals surface area contributed by atoms with Crippen LogP contribution in [-0.4, -0.2) is 15.3 Å². The van der Waals surface area contributed by atoms with Crippen molar-refractivity contribution in [3.63, 3.8) is 0 Å². The molecule has 0 saturated carbocycles. The molecule has 4 nitrogen and oxygen atoms in total. The number of carbonyl (C=O) groups excluding carboxylic acids is 1. The van der Waals surface area contributed by atoms with Gasteiger partial charge in [-0.25, -0.2) is 4.98 Å². The van der Waals surface area contributed by atoms with Crippen LogP contribution in [0, 0.1) is 0 Å². The van der Waals surface area contributed by atoms with Crippen LogP contribution in [0.15, 0.2) is 79.1 Å². The fourth-order valence-electron chi connectivity index (χ4n) is 2.93. The molecule has 2 aromatic carbocycles. The Morgan fingerprint density at radius 2 is 1.88 bits per heavy atom. The molecule has 0 radical (unpaired) electrons. The quantitative estimate of drug-likeness (QED) is 0.579. The van der Waals surface area contributed by atoms with Crippen molar-refractivity contribution in [1.29, 1.82) is 0 Å². The molecular formula is C22H19N3O. The summed E-state index contributed by atoms with van der Waals surface area (Å²) >= 11 is 0. The van der Waals surface area contributed by atoms with Crippen LogP contribution in [0.3, 0.4) is 0 Å². The van der Waals surface area contributed by atoms with E-state index in [-0.39, 0.29) is 5.91 Å². The number of aromatic nitrogens is 2. The number of carbonyl (C=O) groups is 1. The number of hydrogen-bond acceptors (Lipinski definition) is 2. The van der Waals surface area contributed by atoms with Gasteiger partial charge in [-0.15, -0.1) is 0 Å². The number of rotatable bonds is 4. The molecule has 2 aromatic heterocycles. The van der Waals surface area contributed by atoms with E-state index in [0.717, 1.165) is 29.0 Å². The maximum Gasteiger partial charge on any atom is 0.255 e. The fraction of sp³-hybridized carbons (Fsp3) is 0.0909. The highest BCUT2D eigenvalue weighted by atomic mass is 16.1. The summed E-state index contributed by atoms with van der Waals surface area (Å²) in [6.07, 6.45) is 4.92. The van der Waals surface area contributed by atoms with Crippen molar-refractivity contribution in [2.24, 2.45) is 0 Å². The highest BCUT2D eigenvalue weighted by Gasteiger charge is 2.08. The molecule has 0 saturated heterocycles. The van der Waals surface area contributed by atoms with E-state index in [4.69, 9.17) is 0 Å². The van der Waals surface area contributed by atoms with Gasteiger partial charge in [0.2, 0.25) is 0 Å². The average Bonchev–Trinajstić information content (AvgIpc) is 3.12. The highest BCUT2D eigenvalue weighted by molar-refractivity contribution is 6.04. The third kappa shape index (κ3) is 3.22. The van der Waals surface area contributed by atoms with Crippen molar-refractivity contribution in [2.45, 2.75) is 13.3 Å². The lowest BCUT2D eigenvalue weighted by Gasteiger charge is -2.07. The number of pyridine rings is 1. The van der Waals surface area contributed by atoms with Crippen LogP contribution in [0.5, 0.6) is 0 Å². The van der Waals surface area contributed by atoms with E-state index in [1.54, 1.807) is 0 Å². The van der Waals surface area contributed by atoms with Crippen LogP contribution < -0.4 is 5.32 Å². The van der Waals surface area contributed by atoms with E-state index in [9.17, 15) is 4.79 Å². The number of imidazole rings is 1. The van der Waals surface area contributed by atoms with Gasteiger partial charge >= 0.3 is 0 Å². The van der Waals surface area contributed by atoms with Crippen molar-refractivity contribution in [3.8, 4) is 11.3 Å². The predicted molar refractivity (Wildman–Crippen MR) is 104 cm³/mol. The van der Waals surface area contributed by atoms with Gasteiger partial charge in [-0.3, -0.25) is 4.79 Å². The first-order valence-corrected chi connectivity index (χ1v) is 8.67. The van der Waals surface area contributed by atoms with Crippen molar-refractivity contribution in [3.05, 3.63) is 90.3 Å². The first-order valence-electron chi connectivity index (χ1n) is 8.67. The molecule has 0 atom stereocenters. The van der Waals surface area contributed by atoms with Crippen molar-refractivity contribution < 1.29 is 4.79 Å². The summed E-state index contributed by atoms with van der Waals surface area (Å²) < 4.78 is 1.98. The normalized spacial score (nSPS) is 10.8. The Bertz CT molecular complexity index is 1030. The Kier molecular flexibility index (Phi) is 4.23. The van der Waals surface area contributed by atoms with E-state index >= 15 is 0 Å². The predicted octanol–water partition coefficient (Wildman–Crippen LogP) is 4.82. The Hall–Kier alpha value is -3.40. The number of benzene rings is 2. The molecule has 0 aliphatic carbocycles. The van der Waals surface area contributed by atoms with Gasteiger partial charge in [0.1, 0.15) is 5.65 Å². The molecule has 2 heterocycles. The van der Waals surface area contributed by atoms with Crippen LogP contribution in [0.1, 0.15) is 22.8 Å². The van der Waals surface area contributed by atoms with Gasteiger partial charge in [0.25, 0.3) is 5.91 Å². The lowest BCUT2D eigenvalue weighted by atomic mass is 10.1. The summed E-state index contributed by atoms with van der Waals surface area (Å²) in [6, 6.07) is 21.4. The molecule has 0 aliphatic rings. The van der Waals surface area contributed by atoms with Crippen molar-refractivity contribution in [2.75, 3.05) is 5.32 Å². The second kappa shape index (κ2) is 6.84. The van der Waals surface area contributed by atoms with Crippen molar-refractivity contribution >= 4 is 17.2 Å². The Balaban J connectivity index is 1.57. The number of anilines is 1. The summed E-state index contributed by atoms with van der Waals surface area (Å²) in [6.45, 7) is 2.10. The van der Waals surface area contributed by atoms with Crippen LogP contribution >= 0.6 is 0 Å². The Morgan fingerprint density at radius 3 is 2.65 bits per heavy atom. The molecular weight excluding hydrogens is 322 g/mol. The second-order valence-electron chi connectivity index (χ2n) is 6.18. The van der Waals surface area contributed by atoms with Gasteiger partial charge < -0.3 is 9.72 Å². The fourth-order valence-corrected chi connectivity index (χ4v) is 2.93. The molecule has 0 aliphatic heterocycles. The largest absolute Gasteiger partial charge is 0.322 e. The number of amides is 1. The van der Waals surface area contributed by atoms with Gasteiger partial charge in [0.15, 0.2) is 0 Å². The van der Waals surface area contributed by atoms with E-state index in [0.29, 0.717) is 5.56 Å². The zero-order valence-corrected chi connectivity index (χ0v) is 14.5. The molecule has 1 amide bonds. The standard InChI is InChI=1S/C22H19N3O/c1-2-16-9-11-17(12-10-16)22(26)23-19-7-5-6-18(14-19)20-15-25-13-4-3-8-21(25)24-20/h3-15H,2H2,1H3,(H,23,26). The van der Waals surface area contributed by atoms with Gasteiger partial charge in [-0.05, 0) is 48.4 Å². The van der Waals surface area contributed by atoms with E-state index in [1.165, 1.54) is 5.56 Å². The number of fused-ring (bicyclic) bond motifs is 1. The molecule has 0 bridgehead atoms. The summed E-state index contributed by atoms with van der Waals surface area (Å²) in [4.78, 5) is 17.1. The zero-order valence-electron chi connectivity index (χ0n) is 14.5. The smallest absolute Gasteiger partial charge is 0.255 e. The molecule has 128 valence electrons. The maximum absolute atomic E-state index is 12.5. The van der Waals surface area contributed by atoms with Crippen molar-refractivity contribution in [1.82, 2.24) is 9.38 Å². The van der Waals surface area contributed by atoms with E-state index < -0.39 is 0 Å². The first-order chi connectivity index (χ1) is 12.7. The molecule has 1 N–H and O–H groups in total. The molecule has 0 fully saturated rings. The minimum atomic E-state index is -0.111. The molecule has 4 aromatic rings. The average molecular weight is 341 g/mol. The van der Waals surface area contributed by atoms with Crippen LogP contribution in [-0.2, 0) is 6.42 Å². The summed E-state index contributed by atoms with van der Waals surface area (Å²) in [5.74, 6) is -0.111. The van der Waals surface area contributed by atoms with Gasteiger partial charge in [0, 0.05) is 29.2 Å². The molecule has 4 heteroatoms. The van der Waals surface area contributed by atoms with Gasteiger partial charge in [-0.2, -0.15) is 0 Å². The summed E-state index contributed by atoms with van der Waals surface area (Å²) in [5, 5.41) is 2.97. The Morgan fingerprint density at radius 1 is 1.04 bits per heavy atom. The van der Waals surface area contributed by atoms with E-state index in [2.05, 4.69) is 17.2 Å². The zero-order chi connectivity index (χ0) is 17.9. The van der Waals surface area contributed by atoms with Crippen LogP contribution in [0.2, 0.25) is 0 Å². The molecule has 0 spiro atoms. The lowest BCUT2D eigenvalue weighted by molar-refractivity contribution is 0.102. The topological polar surface area (TPSA) is 46.4 Å². The summed E-state index contributed by atoms with van der Waals surface area (Å²) in [7, 11) is 0. The van der Waals surface area contributed by atoms with Crippen LogP contribution in [0.25, 0.3) is 16.9 Å². The minimum absolute atomic E-state index is 0.111. The Labute approximate surface area is 152 Å². The molecule has 26 heavy (non-hydrogen) atoms. The number of hydrogen-bond donors (Lipinski definition) is 1.